The second kappa shape index (κ2) is 13.4. The van der Waals surface area contributed by atoms with Crippen LogP contribution in [0.25, 0.3) is 0 Å². The van der Waals surface area contributed by atoms with Gasteiger partial charge in [-0.15, -0.1) is 0 Å². The lowest BCUT2D eigenvalue weighted by atomic mass is 9.61. The quantitative estimate of drug-likeness (QED) is 0.259. The molecule has 6 nitrogen and oxygen atoms in total. The summed E-state index contributed by atoms with van der Waals surface area (Å²) in [5, 5.41) is 11.0. The Morgan fingerprint density at radius 2 is 1.65 bits per heavy atom. The van der Waals surface area contributed by atoms with Gasteiger partial charge in [0, 0.05) is 39.4 Å². The van der Waals surface area contributed by atoms with E-state index in [0.717, 1.165) is 19.3 Å². The fraction of sp³-hybridized carbons (Fsp3) is 0.630. The summed E-state index contributed by atoms with van der Waals surface area (Å²) in [6.45, 7) is 11.7. The maximum atomic E-state index is 12.7. The van der Waals surface area contributed by atoms with Gasteiger partial charge in [0.15, 0.2) is 11.6 Å². The summed E-state index contributed by atoms with van der Waals surface area (Å²) >= 11 is 0. The first-order valence-corrected chi connectivity index (χ1v) is 14.0. The van der Waals surface area contributed by atoms with E-state index in [1.807, 2.05) is 18.2 Å². The number of hydrogen-bond donors (Lipinski definition) is 1. The first kappa shape index (κ1) is 30.4. The smallest absolute Gasteiger partial charge is 0.381 e. The number of rotatable bonds is 10. The number of hydrogen-bond acceptors (Lipinski definition) is 6. The van der Waals surface area contributed by atoms with Gasteiger partial charge in [0.2, 0.25) is 0 Å². The fourth-order valence-corrected chi connectivity index (χ4v) is 6.37. The Kier molecular flexibility index (Phi) is 12.0. The van der Waals surface area contributed by atoms with Crippen molar-refractivity contribution in [3.05, 3.63) is 48.0 Å². The van der Waals surface area contributed by atoms with E-state index in [0.29, 0.717) is 36.4 Å². The van der Waals surface area contributed by atoms with E-state index < -0.39 is 14.4 Å². The van der Waals surface area contributed by atoms with Crippen LogP contribution in [0.15, 0.2) is 42.5 Å². The summed E-state index contributed by atoms with van der Waals surface area (Å²) in [5.41, 5.74) is -0.0343. The molecular weight excluding hydrogens is 448 g/mol. The molecule has 1 saturated carbocycles. The Morgan fingerprint density at radius 1 is 1.09 bits per heavy atom. The van der Waals surface area contributed by atoms with Crippen LogP contribution in [-0.4, -0.2) is 52.4 Å². The number of aliphatic hydroxyl groups is 1. The number of benzene rings is 1. The average Bonchev–Trinajstić information content (AvgIpc) is 2.82. The number of carbonyl (C=O) groups is 2. The Morgan fingerprint density at radius 3 is 2.12 bits per heavy atom. The number of ketones is 2. The summed E-state index contributed by atoms with van der Waals surface area (Å²) in [6.07, 6.45) is 4.73. The van der Waals surface area contributed by atoms with E-state index in [1.54, 1.807) is 40.4 Å². The molecule has 1 aliphatic rings. The van der Waals surface area contributed by atoms with Gasteiger partial charge in [-0.3, -0.25) is 9.59 Å². The highest BCUT2D eigenvalue weighted by Gasteiger charge is 2.49. The molecule has 1 aromatic carbocycles. The minimum absolute atomic E-state index is 0.0291. The number of allylic oxidation sites excluding steroid dienone is 1. The molecule has 0 heterocycles. The van der Waals surface area contributed by atoms with Crippen molar-refractivity contribution in [2.24, 2.45) is 11.3 Å². The van der Waals surface area contributed by atoms with Crippen molar-refractivity contribution in [3.8, 4) is 0 Å². The zero-order valence-corrected chi connectivity index (χ0v) is 23.1. The zero-order chi connectivity index (χ0) is 26.0. The van der Waals surface area contributed by atoms with Gasteiger partial charge >= 0.3 is 8.80 Å². The van der Waals surface area contributed by atoms with E-state index in [-0.39, 0.29) is 22.9 Å². The van der Waals surface area contributed by atoms with E-state index in [2.05, 4.69) is 27.4 Å². The maximum absolute atomic E-state index is 12.7. The molecule has 7 heteroatoms. The molecule has 34 heavy (non-hydrogen) atoms. The molecule has 2 unspecified atom stereocenters. The van der Waals surface area contributed by atoms with Gasteiger partial charge in [-0.05, 0) is 43.1 Å². The van der Waals surface area contributed by atoms with Crippen LogP contribution in [0.5, 0.6) is 0 Å². The molecule has 2 rings (SSSR count). The van der Waals surface area contributed by atoms with E-state index >= 15 is 0 Å². The molecular formula is C27H44O6Si. The number of Topliss-reactive ketones (excluding diaryl/α,β-unsaturated/α-hetero) is 2. The van der Waals surface area contributed by atoms with Crippen LogP contribution in [0.4, 0.5) is 0 Å². The fourth-order valence-electron chi connectivity index (χ4n) is 4.65. The first-order valence-electron chi connectivity index (χ1n) is 12.0. The Hall–Kier alpha value is -1.64. The van der Waals surface area contributed by atoms with Crippen molar-refractivity contribution in [2.75, 3.05) is 21.3 Å². The molecule has 0 aromatic heterocycles. The molecule has 1 aliphatic carbocycles. The molecule has 0 aliphatic heterocycles. The third-order valence-electron chi connectivity index (χ3n) is 6.65. The molecule has 1 fully saturated rings. The van der Waals surface area contributed by atoms with Gasteiger partial charge in [0.1, 0.15) is 5.60 Å². The highest BCUT2D eigenvalue weighted by atomic mass is 28.4. The second-order valence-corrected chi connectivity index (χ2v) is 13.2. The van der Waals surface area contributed by atoms with Crippen LogP contribution in [0.2, 0.25) is 6.04 Å². The van der Waals surface area contributed by atoms with Gasteiger partial charge in [0.25, 0.3) is 0 Å². The van der Waals surface area contributed by atoms with Crippen LogP contribution < -0.4 is 0 Å². The van der Waals surface area contributed by atoms with Gasteiger partial charge in [-0.2, -0.15) is 0 Å². The van der Waals surface area contributed by atoms with Gasteiger partial charge < -0.3 is 18.4 Å². The van der Waals surface area contributed by atoms with Crippen LogP contribution >= 0.6 is 0 Å². The predicted octanol–water partition coefficient (Wildman–Crippen LogP) is 5.63. The summed E-state index contributed by atoms with van der Waals surface area (Å²) in [7, 11) is 2.21. The lowest BCUT2D eigenvalue weighted by Gasteiger charge is -2.45. The first-order chi connectivity index (χ1) is 15.9. The van der Waals surface area contributed by atoms with E-state index in [9.17, 15) is 14.7 Å². The SMILES string of the molecule is C=C(C)C(=O)CCC[Si](OC)(OC)OC.CC(C)(C)C1CCCCC1(O)C(=O)c1ccccc1. The summed E-state index contributed by atoms with van der Waals surface area (Å²) in [6, 6.07) is 9.85. The van der Waals surface area contributed by atoms with Crippen molar-refractivity contribution in [3.63, 3.8) is 0 Å². The summed E-state index contributed by atoms with van der Waals surface area (Å²) in [5.74, 6) is 0.00962. The molecule has 0 amide bonds. The van der Waals surface area contributed by atoms with E-state index in [1.165, 1.54) is 0 Å². The Bertz CT molecular complexity index is 789. The molecule has 2 atom stereocenters. The minimum Gasteiger partial charge on any atom is -0.381 e. The second-order valence-electron chi connectivity index (χ2n) is 10.1. The van der Waals surface area contributed by atoms with Crippen molar-refractivity contribution in [1.82, 2.24) is 0 Å². The van der Waals surface area contributed by atoms with Crippen molar-refractivity contribution >= 4 is 20.4 Å². The number of carbonyl (C=O) groups excluding carboxylic acids is 2. The largest absolute Gasteiger partial charge is 0.500 e. The van der Waals surface area contributed by atoms with Gasteiger partial charge in [-0.25, -0.2) is 0 Å². The van der Waals surface area contributed by atoms with Gasteiger partial charge in [-0.1, -0.05) is 70.5 Å². The third kappa shape index (κ3) is 8.24. The average molecular weight is 493 g/mol. The Balaban J connectivity index is 0.000000352. The standard InChI is InChI=1S/C17H24O2.C10H20O4Si/c1-16(2,3)14-11-7-8-12-17(14,19)15(18)13-9-5-4-6-10-13;1-9(2)10(11)7-6-8-15(12-3,13-4)14-5/h4-6,9-10,14,19H,7-8,11-12H2,1-3H3;1,6-8H2,2-5H3. The third-order valence-corrected chi connectivity index (χ3v) is 9.48. The highest BCUT2D eigenvalue weighted by molar-refractivity contribution is 6.60. The van der Waals surface area contributed by atoms with Crippen molar-refractivity contribution in [1.29, 1.82) is 0 Å². The molecule has 0 spiro atoms. The van der Waals surface area contributed by atoms with Crippen LogP contribution in [0.1, 0.15) is 76.6 Å². The topological polar surface area (TPSA) is 82.1 Å². The molecule has 0 bridgehead atoms. The van der Waals surface area contributed by atoms with Crippen LogP contribution in [-0.2, 0) is 18.1 Å². The Labute approximate surface area is 207 Å². The molecule has 1 N–H and O–H groups in total. The molecule has 0 radical (unpaired) electrons. The predicted molar refractivity (Wildman–Crippen MR) is 138 cm³/mol. The zero-order valence-electron chi connectivity index (χ0n) is 22.1. The summed E-state index contributed by atoms with van der Waals surface area (Å²) in [4.78, 5) is 24.0. The normalized spacial score (nSPS) is 20.8. The van der Waals surface area contributed by atoms with E-state index in [4.69, 9.17) is 13.3 Å². The maximum Gasteiger partial charge on any atom is 0.500 e. The minimum atomic E-state index is -2.50. The van der Waals surface area contributed by atoms with Crippen molar-refractivity contribution < 1.29 is 28.0 Å². The molecule has 1 aromatic rings. The van der Waals surface area contributed by atoms with Crippen molar-refractivity contribution in [2.45, 2.75) is 77.9 Å². The van der Waals surface area contributed by atoms with Crippen LogP contribution in [0, 0.1) is 11.3 Å². The lowest BCUT2D eigenvalue weighted by Crippen LogP contribution is -2.52. The highest BCUT2D eigenvalue weighted by Crippen LogP contribution is 2.45. The molecule has 192 valence electrons. The monoisotopic (exact) mass is 492 g/mol. The van der Waals surface area contributed by atoms with Gasteiger partial charge in [0.05, 0.1) is 0 Å². The summed E-state index contributed by atoms with van der Waals surface area (Å²) < 4.78 is 15.7. The lowest BCUT2D eigenvalue weighted by molar-refractivity contribution is -0.115. The van der Waals surface area contributed by atoms with Crippen LogP contribution in [0.3, 0.4) is 0 Å². The molecule has 0 saturated heterocycles.